The van der Waals surface area contributed by atoms with E-state index in [2.05, 4.69) is 24.1 Å². The number of rotatable bonds is 6. The number of nitrogens with zero attached hydrogens (tertiary/aromatic N) is 1. The highest BCUT2D eigenvalue weighted by atomic mass is 32.1. The van der Waals surface area contributed by atoms with Crippen LogP contribution in [-0.2, 0) is 4.74 Å². The van der Waals surface area contributed by atoms with E-state index < -0.39 is 0 Å². The van der Waals surface area contributed by atoms with Gasteiger partial charge in [-0.2, -0.15) is 0 Å². The summed E-state index contributed by atoms with van der Waals surface area (Å²) in [5.74, 6) is 0.301. The predicted octanol–water partition coefficient (Wildman–Crippen LogP) is 1.13. The van der Waals surface area contributed by atoms with Gasteiger partial charge >= 0.3 is 0 Å². The Morgan fingerprint density at radius 1 is 1.69 bits per heavy atom. The molecule has 0 fully saturated rings. The summed E-state index contributed by atoms with van der Waals surface area (Å²) < 4.78 is 5.33. The first-order valence-corrected chi connectivity index (χ1v) is 6.04. The first kappa shape index (κ1) is 12.9. The molecule has 0 aliphatic heterocycles. The first-order valence-electron chi connectivity index (χ1n) is 5.16. The Bertz CT molecular complexity index is 339. The molecule has 0 spiro atoms. The van der Waals surface area contributed by atoms with Crippen LogP contribution in [0.3, 0.4) is 0 Å². The van der Waals surface area contributed by atoms with Crippen molar-refractivity contribution >= 4 is 22.4 Å². The van der Waals surface area contributed by atoms with Crippen LogP contribution in [0.2, 0.25) is 0 Å². The van der Waals surface area contributed by atoms with Gasteiger partial charge in [0.15, 0.2) is 5.13 Å². The molecule has 0 unspecified atom stereocenters. The molecule has 1 rings (SSSR count). The number of carbonyl (C=O) groups is 1. The molecule has 5 nitrogen and oxygen atoms in total. The van der Waals surface area contributed by atoms with E-state index >= 15 is 0 Å². The number of hydrogen-bond donors (Lipinski definition) is 2. The highest BCUT2D eigenvalue weighted by molar-refractivity contribution is 7.13. The minimum absolute atomic E-state index is 0.207. The fourth-order valence-electron chi connectivity index (χ4n) is 1.04. The smallest absolute Gasteiger partial charge is 0.270 e. The largest absolute Gasteiger partial charge is 0.379 e. The first-order chi connectivity index (χ1) is 7.59. The van der Waals surface area contributed by atoms with Gasteiger partial charge in [0.25, 0.3) is 5.91 Å². The highest BCUT2D eigenvalue weighted by Gasteiger charge is 2.08. The lowest BCUT2D eigenvalue weighted by Crippen LogP contribution is -2.27. The number of ether oxygens (including phenoxy) is 1. The standard InChI is InChI=1S/C10H17N3O2S/c1-7(2)5-15-4-3-12-9(14)8-6-16-10(11)13-8/h6-7H,3-5H2,1-2H3,(H2,11,13)(H,12,14). The number of hydrogen-bond acceptors (Lipinski definition) is 5. The normalized spacial score (nSPS) is 10.7. The average molecular weight is 243 g/mol. The van der Waals surface area contributed by atoms with E-state index in [1.54, 1.807) is 5.38 Å². The Hall–Kier alpha value is -1.14. The third-order valence-electron chi connectivity index (χ3n) is 1.74. The van der Waals surface area contributed by atoms with Gasteiger partial charge in [-0.05, 0) is 5.92 Å². The number of aromatic nitrogens is 1. The van der Waals surface area contributed by atoms with Gasteiger partial charge in [0.05, 0.1) is 6.61 Å². The second-order valence-corrected chi connectivity index (χ2v) is 4.69. The van der Waals surface area contributed by atoms with Gasteiger partial charge in [-0.15, -0.1) is 11.3 Å². The van der Waals surface area contributed by atoms with Crippen molar-refractivity contribution in [2.45, 2.75) is 13.8 Å². The number of nitrogens with two attached hydrogens (primary N) is 1. The zero-order chi connectivity index (χ0) is 12.0. The van der Waals surface area contributed by atoms with Crippen LogP contribution in [0.1, 0.15) is 24.3 Å². The van der Waals surface area contributed by atoms with Crippen LogP contribution < -0.4 is 11.1 Å². The van der Waals surface area contributed by atoms with E-state index in [1.807, 2.05) is 0 Å². The second-order valence-electron chi connectivity index (χ2n) is 3.80. The summed E-state index contributed by atoms with van der Waals surface area (Å²) in [4.78, 5) is 15.4. The molecule has 1 aromatic heterocycles. The summed E-state index contributed by atoms with van der Waals surface area (Å²) in [7, 11) is 0. The van der Waals surface area contributed by atoms with Crippen LogP contribution in [0.25, 0.3) is 0 Å². The average Bonchev–Trinajstić information content (AvgIpc) is 2.63. The summed E-state index contributed by atoms with van der Waals surface area (Å²) in [5, 5.41) is 4.75. The number of nitrogens with one attached hydrogen (secondary N) is 1. The topological polar surface area (TPSA) is 77.2 Å². The molecule has 0 saturated carbocycles. The SMILES string of the molecule is CC(C)COCCNC(=O)c1csc(N)n1. The lowest BCUT2D eigenvalue weighted by atomic mass is 10.2. The van der Waals surface area contributed by atoms with Gasteiger partial charge in [0, 0.05) is 18.5 Å². The van der Waals surface area contributed by atoms with Gasteiger partial charge in [-0.25, -0.2) is 4.98 Å². The molecule has 1 heterocycles. The molecular weight excluding hydrogens is 226 g/mol. The van der Waals surface area contributed by atoms with Gasteiger partial charge in [-0.3, -0.25) is 4.79 Å². The van der Waals surface area contributed by atoms with Crippen molar-refractivity contribution in [3.05, 3.63) is 11.1 Å². The Kier molecular flexibility index (Phi) is 5.21. The summed E-state index contributed by atoms with van der Waals surface area (Å²) in [6.07, 6.45) is 0. The van der Waals surface area contributed by atoms with Crippen LogP contribution in [0, 0.1) is 5.92 Å². The lowest BCUT2D eigenvalue weighted by molar-refractivity contribution is 0.0883. The fourth-order valence-corrected chi connectivity index (χ4v) is 1.58. The maximum Gasteiger partial charge on any atom is 0.270 e. The number of carbonyl (C=O) groups excluding carboxylic acids is 1. The van der Waals surface area contributed by atoms with Crippen molar-refractivity contribution in [2.75, 3.05) is 25.5 Å². The summed E-state index contributed by atoms with van der Waals surface area (Å²) in [6, 6.07) is 0. The van der Waals surface area contributed by atoms with Crippen molar-refractivity contribution in [3.8, 4) is 0 Å². The third kappa shape index (κ3) is 4.59. The maximum atomic E-state index is 11.5. The van der Waals surface area contributed by atoms with E-state index in [0.29, 0.717) is 36.5 Å². The zero-order valence-electron chi connectivity index (χ0n) is 9.53. The highest BCUT2D eigenvalue weighted by Crippen LogP contribution is 2.10. The molecular formula is C10H17N3O2S. The molecule has 1 amide bonds. The van der Waals surface area contributed by atoms with Crippen LogP contribution in [0.4, 0.5) is 5.13 Å². The molecule has 1 aromatic rings. The number of thiazole rings is 1. The van der Waals surface area contributed by atoms with E-state index in [1.165, 1.54) is 11.3 Å². The van der Waals surface area contributed by atoms with Crippen LogP contribution >= 0.6 is 11.3 Å². The molecule has 90 valence electrons. The minimum Gasteiger partial charge on any atom is -0.379 e. The second kappa shape index (κ2) is 6.44. The molecule has 0 bridgehead atoms. The minimum atomic E-state index is -0.207. The lowest BCUT2D eigenvalue weighted by Gasteiger charge is -2.07. The van der Waals surface area contributed by atoms with Crippen molar-refractivity contribution in [1.29, 1.82) is 0 Å². The molecule has 6 heteroatoms. The molecule has 3 N–H and O–H groups in total. The summed E-state index contributed by atoms with van der Waals surface area (Å²) >= 11 is 1.25. The Morgan fingerprint density at radius 3 is 3.00 bits per heavy atom. The molecule has 0 aromatic carbocycles. The van der Waals surface area contributed by atoms with E-state index in [-0.39, 0.29) is 5.91 Å². The molecule has 0 aliphatic rings. The van der Waals surface area contributed by atoms with Crippen molar-refractivity contribution in [1.82, 2.24) is 10.3 Å². The fraction of sp³-hybridized carbons (Fsp3) is 0.600. The van der Waals surface area contributed by atoms with E-state index in [9.17, 15) is 4.79 Å². The third-order valence-corrected chi connectivity index (χ3v) is 2.41. The molecule has 0 saturated heterocycles. The molecule has 0 aliphatic carbocycles. The molecule has 0 radical (unpaired) electrons. The van der Waals surface area contributed by atoms with Crippen LogP contribution in [0.5, 0.6) is 0 Å². The summed E-state index contributed by atoms with van der Waals surface area (Å²) in [6.45, 7) is 5.87. The number of anilines is 1. The maximum absolute atomic E-state index is 11.5. The van der Waals surface area contributed by atoms with Gasteiger partial charge in [-0.1, -0.05) is 13.8 Å². The van der Waals surface area contributed by atoms with Gasteiger partial charge < -0.3 is 15.8 Å². The van der Waals surface area contributed by atoms with E-state index in [0.717, 1.165) is 0 Å². The van der Waals surface area contributed by atoms with Gasteiger partial charge in [0.2, 0.25) is 0 Å². The van der Waals surface area contributed by atoms with Crippen LogP contribution in [-0.4, -0.2) is 30.6 Å². The van der Waals surface area contributed by atoms with E-state index in [4.69, 9.17) is 10.5 Å². The van der Waals surface area contributed by atoms with Gasteiger partial charge in [0.1, 0.15) is 5.69 Å². The van der Waals surface area contributed by atoms with Crippen LogP contribution in [0.15, 0.2) is 5.38 Å². The number of nitrogen functional groups attached to an aromatic ring is 1. The Morgan fingerprint density at radius 2 is 2.44 bits per heavy atom. The zero-order valence-corrected chi connectivity index (χ0v) is 10.3. The summed E-state index contributed by atoms with van der Waals surface area (Å²) in [5.41, 5.74) is 5.80. The molecule has 0 atom stereocenters. The monoisotopic (exact) mass is 243 g/mol. The molecule has 16 heavy (non-hydrogen) atoms. The predicted molar refractivity (Wildman–Crippen MR) is 64.5 cm³/mol. The number of amides is 1. The Balaban J connectivity index is 2.16. The quantitative estimate of drug-likeness (QED) is 0.734. The van der Waals surface area contributed by atoms with Crippen molar-refractivity contribution < 1.29 is 9.53 Å². The Labute approximate surface area is 99.0 Å². The van der Waals surface area contributed by atoms with Crippen molar-refractivity contribution in [3.63, 3.8) is 0 Å². The van der Waals surface area contributed by atoms with Crippen molar-refractivity contribution in [2.24, 2.45) is 5.92 Å².